The minimum atomic E-state index is -0.928. The molecule has 0 radical (unpaired) electrons. The Balaban J connectivity index is 2.01. The van der Waals surface area contributed by atoms with Gasteiger partial charge in [-0.05, 0) is 43.7 Å². The molecule has 0 spiro atoms. The lowest BCUT2D eigenvalue weighted by atomic mass is 10.2. The molecular formula is C21H20ClFN6O3. The number of hydrogen-bond acceptors (Lipinski definition) is 6. The predicted octanol–water partition coefficient (Wildman–Crippen LogP) is 4.08. The molecule has 1 aromatic heterocycles. The van der Waals surface area contributed by atoms with Gasteiger partial charge in [0.05, 0.1) is 12.6 Å². The topological polar surface area (TPSA) is 124 Å². The Kier molecular flexibility index (Phi) is 7.16. The van der Waals surface area contributed by atoms with Crippen LogP contribution in [0.1, 0.15) is 29.8 Å². The number of amides is 1. The van der Waals surface area contributed by atoms with Crippen molar-refractivity contribution in [3.63, 3.8) is 0 Å². The standard InChI is InChI=1S/C21H20ClFN6O3/c1-12(2)32-18-8-7-15(9-17(18)23)26-21-25-10-16(19(30)27-28-24)20(31)29(21)11-13-3-5-14(22)6-4-13/h3-10,12H,11H2,1-2H3,(H,25,26)(H2,24,27,30). The Morgan fingerprint density at radius 3 is 2.62 bits per heavy atom. The van der Waals surface area contributed by atoms with Gasteiger partial charge in [0, 0.05) is 23.0 Å². The lowest BCUT2D eigenvalue weighted by Crippen LogP contribution is -2.29. The van der Waals surface area contributed by atoms with E-state index >= 15 is 0 Å². The van der Waals surface area contributed by atoms with Crippen LogP contribution in [0.4, 0.5) is 16.0 Å². The number of carbonyl (C=O) groups is 1. The van der Waals surface area contributed by atoms with Gasteiger partial charge >= 0.3 is 5.91 Å². The Labute approximate surface area is 187 Å². The molecule has 0 unspecified atom stereocenters. The second-order valence-corrected chi connectivity index (χ2v) is 7.41. The zero-order chi connectivity index (χ0) is 23.3. The lowest BCUT2D eigenvalue weighted by Gasteiger charge is -2.16. The second-order valence-electron chi connectivity index (χ2n) is 6.97. The van der Waals surface area contributed by atoms with E-state index < -0.39 is 17.3 Å². The fourth-order valence-corrected chi connectivity index (χ4v) is 2.95. The number of ether oxygens (including phenoxy) is 1. The molecule has 0 aliphatic carbocycles. The van der Waals surface area contributed by atoms with Crippen LogP contribution in [0.15, 0.2) is 63.8 Å². The minimum Gasteiger partial charge on any atom is -0.488 e. The van der Waals surface area contributed by atoms with E-state index in [1.54, 1.807) is 44.2 Å². The Bertz CT molecular complexity index is 1210. The van der Waals surface area contributed by atoms with E-state index in [9.17, 15) is 14.0 Å². The second kappa shape index (κ2) is 10.0. The van der Waals surface area contributed by atoms with Gasteiger partial charge in [-0.2, -0.15) is 0 Å². The molecule has 0 saturated carbocycles. The van der Waals surface area contributed by atoms with Crippen LogP contribution < -0.4 is 21.5 Å². The van der Waals surface area contributed by atoms with Gasteiger partial charge in [-0.3, -0.25) is 14.2 Å². The van der Waals surface area contributed by atoms with Crippen molar-refractivity contribution >= 4 is 29.1 Å². The van der Waals surface area contributed by atoms with Crippen molar-refractivity contribution in [3.05, 3.63) is 81.0 Å². The third-order valence-corrected chi connectivity index (χ3v) is 4.48. The number of carbonyl (C=O) groups excluding carboxylic acids is 1. The summed E-state index contributed by atoms with van der Waals surface area (Å²) in [5.74, 6) is 3.60. The van der Waals surface area contributed by atoms with E-state index in [1.165, 1.54) is 16.7 Å². The summed E-state index contributed by atoms with van der Waals surface area (Å²) in [6.45, 7) is 3.64. The van der Waals surface area contributed by atoms with Gasteiger partial charge in [0.1, 0.15) is 5.56 Å². The van der Waals surface area contributed by atoms with Gasteiger partial charge < -0.3 is 15.9 Å². The highest BCUT2D eigenvalue weighted by atomic mass is 35.5. The summed E-state index contributed by atoms with van der Waals surface area (Å²) in [4.78, 5) is 29.2. The molecule has 1 amide bonds. The molecule has 0 saturated heterocycles. The normalized spacial score (nSPS) is 11.2. The molecule has 32 heavy (non-hydrogen) atoms. The summed E-state index contributed by atoms with van der Waals surface area (Å²) in [6, 6.07) is 11.1. The van der Waals surface area contributed by atoms with E-state index in [0.29, 0.717) is 10.7 Å². The van der Waals surface area contributed by atoms with Crippen molar-refractivity contribution in [1.82, 2.24) is 9.55 Å². The monoisotopic (exact) mass is 458 g/mol. The van der Waals surface area contributed by atoms with Crippen molar-refractivity contribution in [2.24, 2.45) is 16.2 Å². The zero-order valence-corrected chi connectivity index (χ0v) is 18.0. The Hall–Kier alpha value is -3.79. The van der Waals surface area contributed by atoms with E-state index in [4.69, 9.17) is 22.2 Å². The molecular weight excluding hydrogens is 439 g/mol. The van der Waals surface area contributed by atoms with Gasteiger partial charge in [0.25, 0.3) is 5.56 Å². The Morgan fingerprint density at radius 2 is 2.00 bits per heavy atom. The molecule has 1 heterocycles. The molecule has 9 nitrogen and oxygen atoms in total. The quantitative estimate of drug-likeness (QED) is 0.312. The smallest absolute Gasteiger partial charge is 0.304 e. The average molecular weight is 459 g/mol. The molecule has 0 atom stereocenters. The van der Waals surface area contributed by atoms with E-state index in [-0.39, 0.29) is 29.9 Å². The van der Waals surface area contributed by atoms with Gasteiger partial charge in [0.2, 0.25) is 5.95 Å². The van der Waals surface area contributed by atoms with Crippen LogP contribution in [0.3, 0.4) is 0 Å². The zero-order valence-electron chi connectivity index (χ0n) is 17.3. The minimum absolute atomic E-state index is 0.0588. The maximum Gasteiger partial charge on any atom is 0.304 e. The summed E-state index contributed by atoms with van der Waals surface area (Å²) in [5, 5.41) is 9.54. The summed E-state index contributed by atoms with van der Waals surface area (Å²) in [5.41, 5.74) is 0.0648. The van der Waals surface area contributed by atoms with Crippen molar-refractivity contribution in [2.45, 2.75) is 26.5 Å². The first kappa shape index (κ1) is 22.9. The van der Waals surface area contributed by atoms with Crippen LogP contribution in [0, 0.1) is 5.82 Å². The van der Waals surface area contributed by atoms with Gasteiger partial charge in [-0.25, -0.2) is 9.37 Å². The molecule has 0 aliphatic heterocycles. The van der Waals surface area contributed by atoms with Crippen molar-refractivity contribution in [3.8, 4) is 5.75 Å². The number of nitrogens with one attached hydrogen (secondary N) is 1. The van der Waals surface area contributed by atoms with Gasteiger partial charge in [-0.15, -0.1) is 0 Å². The number of nitrogens with zero attached hydrogens (tertiary/aromatic N) is 4. The molecule has 11 heteroatoms. The first-order valence-electron chi connectivity index (χ1n) is 9.51. The number of rotatable bonds is 7. The van der Waals surface area contributed by atoms with E-state index in [0.717, 1.165) is 11.8 Å². The molecule has 3 N–H and O–H groups in total. The maximum atomic E-state index is 14.4. The highest BCUT2D eigenvalue weighted by Crippen LogP contribution is 2.24. The molecule has 0 bridgehead atoms. The van der Waals surface area contributed by atoms with Crippen LogP contribution >= 0.6 is 11.6 Å². The highest BCUT2D eigenvalue weighted by molar-refractivity contribution is 6.30. The number of aromatic nitrogens is 2. The summed E-state index contributed by atoms with van der Waals surface area (Å²) in [6.07, 6.45) is 0.873. The molecule has 166 valence electrons. The van der Waals surface area contributed by atoms with E-state index in [2.05, 4.69) is 20.6 Å². The third kappa shape index (κ3) is 5.46. The van der Waals surface area contributed by atoms with E-state index in [1.807, 2.05) is 0 Å². The Morgan fingerprint density at radius 1 is 1.28 bits per heavy atom. The largest absolute Gasteiger partial charge is 0.488 e. The average Bonchev–Trinajstić information content (AvgIpc) is 2.74. The number of hydrogen-bond donors (Lipinski definition) is 2. The highest BCUT2D eigenvalue weighted by Gasteiger charge is 2.17. The van der Waals surface area contributed by atoms with Crippen LogP contribution in [-0.4, -0.2) is 21.6 Å². The van der Waals surface area contributed by atoms with Crippen LogP contribution in [-0.2, 0) is 6.54 Å². The summed E-state index contributed by atoms with van der Waals surface area (Å²) in [7, 11) is 0. The molecule has 3 rings (SSSR count). The first-order chi connectivity index (χ1) is 15.3. The number of halogens is 2. The maximum absolute atomic E-state index is 14.4. The van der Waals surface area contributed by atoms with Crippen LogP contribution in [0.5, 0.6) is 5.75 Å². The third-order valence-electron chi connectivity index (χ3n) is 4.23. The number of benzene rings is 2. The van der Waals surface area contributed by atoms with Crippen molar-refractivity contribution < 1.29 is 13.9 Å². The van der Waals surface area contributed by atoms with Crippen LogP contribution in [0.25, 0.3) is 0 Å². The summed E-state index contributed by atoms with van der Waals surface area (Å²) < 4.78 is 21.0. The molecule has 0 fully saturated rings. The van der Waals surface area contributed by atoms with Gasteiger partial charge in [0.15, 0.2) is 11.6 Å². The number of anilines is 2. The van der Waals surface area contributed by atoms with Crippen LogP contribution in [0.2, 0.25) is 5.02 Å². The summed E-state index contributed by atoms with van der Waals surface area (Å²) >= 11 is 5.93. The predicted molar refractivity (Wildman–Crippen MR) is 118 cm³/mol. The fourth-order valence-electron chi connectivity index (χ4n) is 2.82. The SMILES string of the molecule is CC(C)Oc1ccc(Nc2ncc(C(=O)N=NN)c(=O)n2Cc2ccc(Cl)cc2)cc1F. The molecule has 0 aliphatic rings. The number of nitrogens with two attached hydrogens (primary N) is 1. The van der Waals surface area contributed by atoms with Gasteiger partial charge in [-0.1, -0.05) is 34.1 Å². The van der Waals surface area contributed by atoms with Crippen molar-refractivity contribution in [2.75, 3.05) is 5.32 Å². The molecule has 3 aromatic rings. The fraction of sp³-hybridized carbons (Fsp3) is 0.190. The molecule has 2 aromatic carbocycles. The van der Waals surface area contributed by atoms with Crippen molar-refractivity contribution in [1.29, 1.82) is 0 Å². The lowest BCUT2D eigenvalue weighted by molar-refractivity contribution is 0.0991. The first-order valence-corrected chi connectivity index (χ1v) is 9.89.